The minimum absolute atomic E-state index is 0.00733. The van der Waals surface area contributed by atoms with Crippen LogP contribution in [0.25, 0.3) is 32.7 Å². The van der Waals surface area contributed by atoms with Crippen molar-refractivity contribution in [1.29, 1.82) is 0 Å². The number of phenolic OH excluding ortho intramolecular Hbond substituents is 6. The van der Waals surface area contributed by atoms with Crippen molar-refractivity contribution in [2.24, 2.45) is 21.5 Å². The van der Waals surface area contributed by atoms with Gasteiger partial charge in [0.2, 0.25) is 0 Å². The first-order valence-corrected chi connectivity index (χ1v) is 19.2. The van der Waals surface area contributed by atoms with E-state index in [1.807, 2.05) is 0 Å². The van der Waals surface area contributed by atoms with Crippen molar-refractivity contribution >= 4 is 45.7 Å². The Morgan fingerprint density at radius 3 is 1.30 bits per heavy atom. The lowest BCUT2D eigenvalue weighted by Gasteiger charge is -2.25. The Bertz CT molecular complexity index is 2240. The van der Waals surface area contributed by atoms with Crippen LogP contribution in [0.5, 0.6) is 34.5 Å². The van der Waals surface area contributed by atoms with Gasteiger partial charge in [0.05, 0.1) is 0 Å². The second kappa shape index (κ2) is 17.9. The molecule has 0 aliphatic carbocycles. The zero-order chi connectivity index (χ0) is 45.3. The number of rotatable bonds is 17. The number of aryl methyl sites for hydroxylation is 2. The van der Waals surface area contributed by atoms with Crippen LogP contribution in [-0.2, 0) is 9.59 Å². The highest BCUT2D eigenvalue weighted by Gasteiger charge is 2.43. The van der Waals surface area contributed by atoms with Gasteiger partial charge in [-0.3, -0.25) is 14.8 Å². The molecule has 0 heterocycles. The molecule has 4 aromatic carbocycles. The molecule has 11 N–H and O–H groups in total. The number of carboxylic acids is 1. The van der Waals surface area contributed by atoms with Crippen molar-refractivity contribution in [2.45, 2.75) is 110 Å². The number of halogens is 4. The maximum atomic E-state index is 13.6. The molecular formula is C43H52F4N4O9. The van der Waals surface area contributed by atoms with Gasteiger partial charge in [-0.05, 0) is 80.2 Å². The lowest BCUT2D eigenvalue weighted by molar-refractivity contribution is -0.150. The molecule has 60 heavy (non-hydrogen) atoms. The van der Waals surface area contributed by atoms with Gasteiger partial charge in [0.25, 0.3) is 12.9 Å². The van der Waals surface area contributed by atoms with Crippen molar-refractivity contribution in [2.75, 3.05) is 13.1 Å². The van der Waals surface area contributed by atoms with E-state index in [-0.39, 0.29) is 70.1 Å². The monoisotopic (exact) mass is 844 g/mol. The minimum Gasteiger partial charge on any atom is -0.507 e. The Balaban J connectivity index is 1.99. The summed E-state index contributed by atoms with van der Waals surface area (Å²) in [6.07, 6.45) is -5.51. The average molecular weight is 845 g/mol. The number of phenols is 6. The number of nitrogens with zero attached hydrogens (tertiary/aromatic N) is 2. The van der Waals surface area contributed by atoms with E-state index in [0.717, 1.165) is 19.4 Å². The van der Waals surface area contributed by atoms with E-state index in [1.165, 1.54) is 0 Å². The molecule has 0 spiro atoms. The number of ketones is 1. The van der Waals surface area contributed by atoms with Gasteiger partial charge in [0, 0.05) is 69.7 Å². The zero-order valence-electron chi connectivity index (χ0n) is 34.4. The number of benzene rings is 4. The number of carbonyl (C=O) groups excluding carboxylic acids is 1. The van der Waals surface area contributed by atoms with Crippen LogP contribution in [-0.4, -0.2) is 96.9 Å². The summed E-state index contributed by atoms with van der Waals surface area (Å²) in [4.78, 5) is 31.7. The molecule has 0 bridgehead atoms. The molecule has 17 heteroatoms. The number of carbonyl (C=O) groups is 2. The van der Waals surface area contributed by atoms with Gasteiger partial charge in [-0.25, -0.2) is 22.4 Å². The lowest BCUT2D eigenvalue weighted by atomic mass is 9.83. The lowest BCUT2D eigenvalue weighted by Crippen LogP contribution is -2.54. The number of aliphatic carboxylic acids is 1. The molecule has 0 amide bonds. The summed E-state index contributed by atoms with van der Waals surface area (Å²) in [7, 11) is 0. The molecule has 0 saturated heterocycles. The second-order valence-corrected chi connectivity index (χ2v) is 15.9. The van der Waals surface area contributed by atoms with Crippen molar-refractivity contribution in [3.05, 3.63) is 45.5 Å². The third-order valence-corrected chi connectivity index (χ3v) is 11.0. The van der Waals surface area contributed by atoms with Crippen LogP contribution < -0.4 is 11.5 Å². The fourth-order valence-corrected chi connectivity index (χ4v) is 7.61. The van der Waals surface area contributed by atoms with Crippen LogP contribution in [0.2, 0.25) is 0 Å². The van der Waals surface area contributed by atoms with Crippen molar-refractivity contribution in [3.8, 4) is 45.6 Å². The van der Waals surface area contributed by atoms with Gasteiger partial charge >= 0.3 is 5.97 Å². The number of fused-ring (bicyclic) bond motifs is 2. The molecular weight excluding hydrogens is 792 g/mol. The molecule has 0 saturated carbocycles. The summed E-state index contributed by atoms with van der Waals surface area (Å²) in [6.45, 7) is 10.9. The maximum Gasteiger partial charge on any atom is 0.329 e. The first kappa shape index (κ1) is 47.0. The largest absolute Gasteiger partial charge is 0.507 e. The van der Waals surface area contributed by atoms with Crippen LogP contribution >= 0.6 is 0 Å². The SMILES string of the molecule is CC(=O)C(N)(CCCN=Cc1c(O)c(O)c(C(C)C)c2cc(C)c(-c3c(C)cc4c(C(C)C)c(O)c(O)c(C=NCCCC(N)(C(=O)O)C(F)F)c4c3O)c(O)c12)C(F)F. The van der Waals surface area contributed by atoms with Crippen LogP contribution in [0.1, 0.15) is 106 Å². The average Bonchev–Trinajstić information content (AvgIpc) is 3.14. The van der Waals surface area contributed by atoms with Gasteiger partial charge in [-0.1, -0.05) is 39.8 Å². The predicted molar refractivity (Wildman–Crippen MR) is 222 cm³/mol. The fraction of sp³-hybridized carbons (Fsp3) is 0.442. The van der Waals surface area contributed by atoms with E-state index in [0.29, 0.717) is 21.9 Å². The number of hydrogen-bond acceptors (Lipinski definition) is 12. The molecule has 2 atom stereocenters. The van der Waals surface area contributed by atoms with Crippen LogP contribution in [0.3, 0.4) is 0 Å². The zero-order valence-corrected chi connectivity index (χ0v) is 34.4. The number of nitrogens with two attached hydrogens (primary N) is 2. The number of alkyl halides is 4. The Labute approximate surface area is 343 Å². The molecule has 0 fully saturated rings. The van der Waals surface area contributed by atoms with E-state index in [2.05, 4.69) is 9.98 Å². The first-order valence-electron chi connectivity index (χ1n) is 19.2. The Morgan fingerprint density at radius 1 is 0.650 bits per heavy atom. The third-order valence-electron chi connectivity index (χ3n) is 11.0. The van der Waals surface area contributed by atoms with Gasteiger partial charge in [0.15, 0.2) is 34.3 Å². The molecule has 326 valence electrons. The molecule has 4 aromatic rings. The van der Waals surface area contributed by atoms with Gasteiger partial charge < -0.3 is 47.2 Å². The summed E-state index contributed by atoms with van der Waals surface area (Å²) in [5.74, 6) is -6.81. The van der Waals surface area contributed by atoms with E-state index >= 15 is 0 Å². The highest BCUT2D eigenvalue weighted by Crippen LogP contribution is 2.54. The molecule has 0 aromatic heterocycles. The molecule has 0 aliphatic heterocycles. The summed E-state index contributed by atoms with van der Waals surface area (Å²) >= 11 is 0. The number of carboxylic acid groups (broad SMARTS) is 1. The first-order chi connectivity index (χ1) is 27.9. The second-order valence-electron chi connectivity index (χ2n) is 15.9. The predicted octanol–water partition coefficient (Wildman–Crippen LogP) is 7.75. The van der Waals surface area contributed by atoms with Gasteiger partial charge in [-0.2, -0.15) is 0 Å². The molecule has 4 rings (SSSR count). The highest BCUT2D eigenvalue weighted by atomic mass is 19.3. The van der Waals surface area contributed by atoms with Gasteiger partial charge in [0.1, 0.15) is 17.0 Å². The van der Waals surface area contributed by atoms with Crippen molar-refractivity contribution in [1.82, 2.24) is 0 Å². The summed E-state index contributed by atoms with van der Waals surface area (Å²) in [5, 5.41) is 79.5. The Morgan fingerprint density at radius 2 is 1.00 bits per heavy atom. The normalized spacial score (nSPS) is 14.5. The molecule has 0 radical (unpaired) electrons. The standard InChI is InChI=1S/C43H52F4N4O9/c1-18(2)27-23-14-20(5)29(35(55)31(23)25(33(53)37(27)57)16-50-12-8-10-42(48,22(7)52)39(44)45)30-21(6)15-24-28(19(3)4)38(58)34(54)26(32(24)36(30)56)17-51-13-9-11-43(49,40(46)47)41(59)60/h14-19,39-40,53-58H,8-13,48-49H2,1-7H3,(H,59,60). The van der Waals surface area contributed by atoms with Crippen molar-refractivity contribution in [3.63, 3.8) is 0 Å². The van der Waals surface area contributed by atoms with Crippen LogP contribution in [0.15, 0.2) is 22.1 Å². The van der Waals surface area contributed by atoms with Crippen molar-refractivity contribution < 1.29 is 62.9 Å². The quantitative estimate of drug-likeness (QED) is 0.0215. The topological polar surface area (TPSA) is 253 Å². The van der Waals surface area contributed by atoms with Crippen LogP contribution in [0.4, 0.5) is 17.6 Å². The molecule has 0 aliphatic rings. The summed E-state index contributed by atoms with van der Waals surface area (Å²) < 4.78 is 54.1. The summed E-state index contributed by atoms with van der Waals surface area (Å²) in [6, 6.07) is 3.27. The maximum absolute atomic E-state index is 13.6. The number of aliphatic imine (C=N–C) groups is 2. The molecule has 13 nitrogen and oxygen atoms in total. The van der Waals surface area contributed by atoms with Gasteiger partial charge in [-0.15, -0.1) is 0 Å². The number of Topliss-reactive ketones (excluding diaryl/α,β-unsaturated/α-hetero) is 1. The number of hydrogen-bond donors (Lipinski definition) is 9. The third kappa shape index (κ3) is 8.37. The smallest absolute Gasteiger partial charge is 0.329 e. The van der Waals surface area contributed by atoms with E-state index in [4.69, 9.17) is 11.5 Å². The highest BCUT2D eigenvalue weighted by molar-refractivity contribution is 6.15. The van der Waals surface area contributed by atoms with E-state index in [9.17, 15) is 62.9 Å². The molecule has 2 unspecified atom stereocenters. The Hall–Kier alpha value is -5.68. The van der Waals surface area contributed by atoms with E-state index in [1.54, 1.807) is 53.7 Å². The number of aromatic hydroxyl groups is 6. The van der Waals surface area contributed by atoms with Crippen LogP contribution in [0, 0.1) is 13.8 Å². The Kier molecular flexibility index (Phi) is 14.0. The fourth-order valence-electron chi connectivity index (χ4n) is 7.61. The minimum atomic E-state index is -3.36. The van der Waals surface area contributed by atoms with E-state index < -0.39 is 94.9 Å². The summed E-state index contributed by atoms with van der Waals surface area (Å²) in [5.41, 5.74) is 7.05.